The van der Waals surface area contributed by atoms with E-state index >= 15 is 0 Å². The summed E-state index contributed by atoms with van der Waals surface area (Å²) in [6, 6.07) is 0. The van der Waals surface area contributed by atoms with E-state index in [-0.39, 0.29) is 34.9 Å². The lowest BCUT2D eigenvalue weighted by atomic mass is 10.1. The molecule has 0 bridgehead atoms. The highest BCUT2D eigenvalue weighted by Crippen LogP contribution is 2.17. The zero-order valence-electron chi connectivity index (χ0n) is 15.8. The first-order valence-electron chi connectivity index (χ1n) is 9.25. The Hall–Kier alpha value is -2.62. The van der Waals surface area contributed by atoms with E-state index in [0.29, 0.717) is 6.54 Å². The molecule has 8 N–H and O–H groups in total. The fraction of sp³-hybridized carbons (Fsp3) is 0.588. The van der Waals surface area contributed by atoms with Gasteiger partial charge in [-0.25, -0.2) is 9.97 Å². The topological polar surface area (TPSA) is 180 Å². The number of nitrogens with two attached hydrogens (primary N) is 2. The van der Waals surface area contributed by atoms with Crippen molar-refractivity contribution in [3.63, 3.8) is 0 Å². The van der Waals surface area contributed by atoms with Crippen LogP contribution in [0.2, 0.25) is 5.15 Å². The van der Waals surface area contributed by atoms with Crippen molar-refractivity contribution in [2.75, 3.05) is 18.0 Å². The van der Waals surface area contributed by atoms with Gasteiger partial charge in [-0.1, -0.05) is 50.1 Å². The molecule has 1 heterocycles. The number of nitrogens with one attached hydrogen (secondary N) is 3. The summed E-state index contributed by atoms with van der Waals surface area (Å²) in [5.41, 5.74) is 10.9. The van der Waals surface area contributed by atoms with Gasteiger partial charge in [0, 0.05) is 13.0 Å². The lowest BCUT2D eigenvalue weighted by molar-refractivity contribution is -0.137. The molecule has 0 saturated heterocycles. The van der Waals surface area contributed by atoms with E-state index in [0.717, 1.165) is 51.4 Å². The van der Waals surface area contributed by atoms with Crippen LogP contribution in [0, 0.1) is 5.41 Å². The van der Waals surface area contributed by atoms with Crippen molar-refractivity contribution >= 4 is 41.1 Å². The minimum atomic E-state index is -0.733. The number of nitrogens with zero attached hydrogens (tertiary/aromatic N) is 2. The standard InChI is InChI=1S/C17H28ClN7O3/c18-13-15(20)24-14(19)12(23-13)16(28)25-17(21)22-10-8-6-4-2-1-3-5-7-9-11(26)27/h1-10H2,(H,26,27)(H4,19,20,24)(H3,21,22,25,28). The van der Waals surface area contributed by atoms with Crippen LogP contribution in [0.3, 0.4) is 0 Å². The molecule has 0 aliphatic carbocycles. The third kappa shape index (κ3) is 9.36. The molecule has 0 saturated carbocycles. The number of hydrogen-bond acceptors (Lipinski definition) is 7. The smallest absolute Gasteiger partial charge is 0.303 e. The number of aromatic nitrogens is 2. The highest BCUT2D eigenvalue weighted by atomic mass is 35.5. The van der Waals surface area contributed by atoms with Crippen LogP contribution in [-0.4, -0.2) is 39.5 Å². The quantitative estimate of drug-likeness (QED) is 0.171. The summed E-state index contributed by atoms with van der Waals surface area (Å²) in [6.07, 6.45) is 8.18. The largest absolute Gasteiger partial charge is 0.481 e. The van der Waals surface area contributed by atoms with Crippen LogP contribution in [-0.2, 0) is 4.79 Å². The number of nitrogen functional groups attached to an aromatic ring is 2. The molecule has 1 amide bonds. The van der Waals surface area contributed by atoms with E-state index in [4.69, 9.17) is 33.6 Å². The number of aliphatic carboxylic acids is 1. The molecule has 28 heavy (non-hydrogen) atoms. The molecule has 0 aromatic carbocycles. The molecule has 11 heteroatoms. The van der Waals surface area contributed by atoms with E-state index in [2.05, 4.69) is 20.6 Å². The number of anilines is 2. The van der Waals surface area contributed by atoms with Crippen molar-refractivity contribution in [2.45, 2.75) is 57.8 Å². The number of hydrogen-bond donors (Lipinski definition) is 6. The molecule has 10 nitrogen and oxygen atoms in total. The molecular weight excluding hydrogens is 386 g/mol. The number of amides is 1. The van der Waals surface area contributed by atoms with Crippen molar-refractivity contribution in [2.24, 2.45) is 0 Å². The predicted molar refractivity (Wildman–Crippen MR) is 108 cm³/mol. The number of rotatable bonds is 12. The van der Waals surface area contributed by atoms with E-state index in [1.165, 1.54) is 0 Å². The lowest BCUT2D eigenvalue weighted by Crippen LogP contribution is -2.41. The first kappa shape index (κ1) is 23.4. The van der Waals surface area contributed by atoms with Gasteiger partial charge in [-0.3, -0.25) is 20.3 Å². The van der Waals surface area contributed by atoms with Gasteiger partial charge < -0.3 is 21.9 Å². The van der Waals surface area contributed by atoms with Crippen molar-refractivity contribution in [1.82, 2.24) is 20.6 Å². The second-order valence-corrected chi connectivity index (χ2v) is 6.72. The summed E-state index contributed by atoms with van der Waals surface area (Å²) in [7, 11) is 0. The Bertz CT molecular complexity index is 685. The highest BCUT2D eigenvalue weighted by molar-refractivity contribution is 6.31. The van der Waals surface area contributed by atoms with E-state index in [1.807, 2.05) is 0 Å². The summed E-state index contributed by atoms with van der Waals surface area (Å²) < 4.78 is 0. The molecule has 156 valence electrons. The monoisotopic (exact) mass is 413 g/mol. The predicted octanol–water partition coefficient (Wildman–Crippen LogP) is 2.14. The third-order valence-corrected chi connectivity index (χ3v) is 4.26. The Morgan fingerprint density at radius 3 is 2.14 bits per heavy atom. The number of carboxylic acids is 1. The van der Waals surface area contributed by atoms with Crippen molar-refractivity contribution in [3.05, 3.63) is 10.8 Å². The third-order valence-electron chi connectivity index (χ3n) is 3.98. The molecule has 1 aromatic rings. The van der Waals surface area contributed by atoms with Crippen molar-refractivity contribution in [1.29, 1.82) is 5.41 Å². The SMILES string of the molecule is N=C(NCCCCCCCCCCC(=O)O)NC(=O)c1nc(Cl)c(N)nc1N. The van der Waals surface area contributed by atoms with Gasteiger partial charge in [0.2, 0.25) is 0 Å². The van der Waals surface area contributed by atoms with E-state index in [9.17, 15) is 9.59 Å². The summed E-state index contributed by atoms with van der Waals surface area (Å²) in [5, 5.41) is 21.3. The van der Waals surface area contributed by atoms with Gasteiger partial charge in [-0.15, -0.1) is 0 Å². The second kappa shape index (κ2) is 12.7. The molecule has 1 aromatic heterocycles. The first-order chi connectivity index (χ1) is 13.3. The molecule has 0 radical (unpaired) electrons. The maximum absolute atomic E-state index is 12.1. The molecule has 0 spiro atoms. The first-order valence-corrected chi connectivity index (χ1v) is 9.63. The summed E-state index contributed by atoms with van der Waals surface area (Å²) in [4.78, 5) is 29.9. The molecule has 0 aliphatic heterocycles. The Labute approximate surface area is 169 Å². The molecule has 0 unspecified atom stereocenters. The van der Waals surface area contributed by atoms with Gasteiger partial charge in [0.15, 0.2) is 28.4 Å². The van der Waals surface area contributed by atoms with Gasteiger partial charge >= 0.3 is 5.97 Å². The molecule has 0 atom stereocenters. The normalized spacial score (nSPS) is 10.5. The number of halogens is 1. The zero-order chi connectivity index (χ0) is 20.9. The lowest BCUT2D eigenvalue weighted by Gasteiger charge is -2.10. The molecule has 1 rings (SSSR count). The van der Waals surface area contributed by atoms with Crippen LogP contribution >= 0.6 is 11.6 Å². The van der Waals surface area contributed by atoms with E-state index < -0.39 is 11.9 Å². The van der Waals surface area contributed by atoms with Crippen LogP contribution < -0.4 is 22.1 Å². The van der Waals surface area contributed by atoms with Gasteiger partial charge in [0.05, 0.1) is 0 Å². The average molecular weight is 414 g/mol. The van der Waals surface area contributed by atoms with Gasteiger partial charge in [0.25, 0.3) is 5.91 Å². The van der Waals surface area contributed by atoms with Crippen LogP contribution in [0.15, 0.2) is 0 Å². The van der Waals surface area contributed by atoms with Gasteiger partial charge in [-0.05, 0) is 12.8 Å². The van der Waals surface area contributed by atoms with Crippen molar-refractivity contribution in [3.8, 4) is 0 Å². The second-order valence-electron chi connectivity index (χ2n) is 6.36. The Kier molecular flexibility index (Phi) is 10.6. The van der Waals surface area contributed by atoms with Gasteiger partial charge in [0.1, 0.15) is 0 Å². The van der Waals surface area contributed by atoms with Crippen LogP contribution in [0.5, 0.6) is 0 Å². The van der Waals surface area contributed by atoms with Gasteiger partial charge in [-0.2, -0.15) is 0 Å². The number of guanidine groups is 1. The Morgan fingerprint density at radius 2 is 1.54 bits per heavy atom. The van der Waals surface area contributed by atoms with Crippen LogP contribution in [0.4, 0.5) is 11.6 Å². The number of carbonyl (C=O) groups excluding carboxylic acids is 1. The average Bonchev–Trinajstić information content (AvgIpc) is 2.62. The minimum Gasteiger partial charge on any atom is -0.481 e. The highest BCUT2D eigenvalue weighted by Gasteiger charge is 2.16. The summed E-state index contributed by atoms with van der Waals surface area (Å²) >= 11 is 5.73. The maximum atomic E-state index is 12.1. The summed E-state index contributed by atoms with van der Waals surface area (Å²) in [5.74, 6) is -1.80. The Balaban J connectivity index is 2.10. The number of unbranched alkanes of at least 4 members (excludes halogenated alkanes) is 7. The maximum Gasteiger partial charge on any atom is 0.303 e. The zero-order valence-corrected chi connectivity index (χ0v) is 16.5. The fourth-order valence-corrected chi connectivity index (χ4v) is 2.63. The molecular formula is C17H28ClN7O3. The Morgan fingerprint density at radius 1 is 0.964 bits per heavy atom. The van der Waals surface area contributed by atoms with E-state index in [1.54, 1.807) is 0 Å². The number of carbonyl (C=O) groups is 2. The van der Waals surface area contributed by atoms with Crippen molar-refractivity contribution < 1.29 is 14.7 Å². The van der Waals surface area contributed by atoms with Crippen LogP contribution in [0.1, 0.15) is 68.3 Å². The molecule has 0 fully saturated rings. The fourth-order valence-electron chi connectivity index (χ4n) is 2.50. The minimum absolute atomic E-state index is 0.0656. The van der Waals surface area contributed by atoms with Crippen LogP contribution in [0.25, 0.3) is 0 Å². The number of carboxylic acid groups (broad SMARTS) is 1. The summed E-state index contributed by atoms with van der Waals surface area (Å²) in [6.45, 7) is 0.557. The molecule has 0 aliphatic rings.